The maximum Gasteiger partial charge on any atom is 0.221 e. The third kappa shape index (κ3) is 5.65. The van der Waals surface area contributed by atoms with Crippen LogP contribution in [0.5, 0.6) is 5.75 Å². The number of carbonyl (C=O) groups is 1. The normalized spacial score (nSPS) is 11.0. The average molecular weight is 522 g/mol. The molecule has 3 rings (SSSR count). The highest BCUT2D eigenvalue weighted by molar-refractivity contribution is 14.0. The Bertz CT molecular complexity index is 1050. The third-order valence-corrected chi connectivity index (χ3v) is 4.62. The van der Waals surface area contributed by atoms with Gasteiger partial charge in [-0.1, -0.05) is 24.3 Å². The van der Waals surface area contributed by atoms with E-state index in [4.69, 9.17) is 9.15 Å². The number of guanidine groups is 1. The number of carbonyl (C=O) groups excluding carboxylic acids is 1. The van der Waals surface area contributed by atoms with Crippen LogP contribution < -0.4 is 20.7 Å². The molecule has 0 saturated carbocycles. The van der Waals surface area contributed by atoms with Crippen molar-refractivity contribution in [2.24, 2.45) is 4.99 Å². The van der Waals surface area contributed by atoms with Crippen molar-refractivity contribution in [3.8, 4) is 5.75 Å². The monoisotopic (exact) mass is 522 g/mol. The van der Waals surface area contributed by atoms with Gasteiger partial charge in [0.2, 0.25) is 5.91 Å². The fourth-order valence-corrected chi connectivity index (χ4v) is 3.12. The fraction of sp³-hybridized carbons (Fsp3) is 0.273. The predicted octanol–water partition coefficient (Wildman–Crippen LogP) is 4.19. The van der Waals surface area contributed by atoms with Crippen LogP contribution in [0.3, 0.4) is 0 Å². The molecular weight excluding hydrogens is 495 g/mol. The second-order valence-corrected chi connectivity index (χ2v) is 6.64. The van der Waals surface area contributed by atoms with Crippen molar-refractivity contribution >= 4 is 52.5 Å². The van der Waals surface area contributed by atoms with Crippen molar-refractivity contribution in [1.82, 2.24) is 10.6 Å². The molecule has 0 aliphatic carbocycles. The zero-order valence-corrected chi connectivity index (χ0v) is 19.9. The molecular formula is C22H27IN4O3. The lowest BCUT2D eigenvalue weighted by molar-refractivity contribution is -0.114. The Hall–Kier alpha value is -2.75. The van der Waals surface area contributed by atoms with Gasteiger partial charge in [0.05, 0.1) is 19.3 Å². The molecule has 2 aromatic carbocycles. The van der Waals surface area contributed by atoms with E-state index in [0.717, 1.165) is 27.9 Å². The molecule has 0 saturated heterocycles. The number of ether oxygens (including phenoxy) is 1. The van der Waals surface area contributed by atoms with Crippen molar-refractivity contribution < 1.29 is 13.9 Å². The van der Waals surface area contributed by atoms with E-state index >= 15 is 0 Å². The van der Waals surface area contributed by atoms with E-state index in [2.05, 4.69) is 33.9 Å². The summed E-state index contributed by atoms with van der Waals surface area (Å²) < 4.78 is 11.2. The Balaban J connectivity index is 0.00000320. The number of nitrogens with one attached hydrogen (secondary N) is 3. The molecule has 3 aromatic rings. The first kappa shape index (κ1) is 23.5. The minimum atomic E-state index is -0.146. The van der Waals surface area contributed by atoms with Crippen molar-refractivity contribution in [2.75, 3.05) is 19.5 Å². The fourth-order valence-electron chi connectivity index (χ4n) is 3.12. The minimum absolute atomic E-state index is 0. The number of aryl methyl sites for hydroxylation is 1. The van der Waals surface area contributed by atoms with Gasteiger partial charge in [-0.15, -0.1) is 24.0 Å². The summed E-state index contributed by atoms with van der Waals surface area (Å²) in [6.07, 6.45) is 0. The number of hydrogen-bond acceptors (Lipinski definition) is 4. The first-order valence-electron chi connectivity index (χ1n) is 9.38. The average Bonchev–Trinajstić information content (AvgIpc) is 3.04. The van der Waals surface area contributed by atoms with E-state index in [1.165, 1.54) is 6.92 Å². The predicted molar refractivity (Wildman–Crippen MR) is 131 cm³/mol. The van der Waals surface area contributed by atoms with E-state index in [1.54, 1.807) is 14.2 Å². The number of furan rings is 1. The molecule has 0 atom stereocenters. The number of nitrogens with zero attached hydrogens (tertiary/aromatic N) is 1. The summed E-state index contributed by atoms with van der Waals surface area (Å²) >= 11 is 0. The molecule has 7 nitrogen and oxygen atoms in total. The lowest BCUT2D eigenvalue weighted by Gasteiger charge is -2.14. The summed E-state index contributed by atoms with van der Waals surface area (Å²) in [6, 6.07) is 13.6. The maximum atomic E-state index is 11.4. The molecule has 30 heavy (non-hydrogen) atoms. The van der Waals surface area contributed by atoms with Gasteiger partial charge in [-0.2, -0.15) is 0 Å². The van der Waals surface area contributed by atoms with E-state index < -0.39 is 0 Å². The number of benzene rings is 2. The molecule has 0 unspecified atom stereocenters. The van der Waals surface area contributed by atoms with Crippen LogP contribution in [0.4, 0.5) is 5.69 Å². The van der Waals surface area contributed by atoms with Crippen LogP contribution in [-0.2, 0) is 17.9 Å². The highest BCUT2D eigenvalue weighted by Crippen LogP contribution is 2.26. The number of aliphatic imine (C=N–C) groups is 1. The molecule has 0 fully saturated rings. The Morgan fingerprint density at radius 2 is 1.87 bits per heavy atom. The molecule has 0 aliphatic heterocycles. The zero-order chi connectivity index (χ0) is 20.8. The van der Waals surface area contributed by atoms with Crippen molar-refractivity contribution in [3.63, 3.8) is 0 Å². The zero-order valence-electron chi connectivity index (χ0n) is 17.5. The number of halogens is 1. The van der Waals surface area contributed by atoms with E-state index in [-0.39, 0.29) is 29.9 Å². The number of amides is 1. The standard InChI is InChI=1S/C22H26N4O3.HI/c1-14-17-7-5-6-8-19(17)29-21(14)13-25-22(23-3)24-12-16-9-10-20(28-4)18(11-16)26-15(2)27;/h5-11H,12-13H2,1-4H3,(H,26,27)(H2,23,24,25);1H. The van der Waals surface area contributed by atoms with Gasteiger partial charge >= 0.3 is 0 Å². The highest BCUT2D eigenvalue weighted by Gasteiger charge is 2.11. The Kier molecular flexibility index (Phi) is 8.52. The molecule has 0 aliphatic rings. The van der Waals surface area contributed by atoms with Crippen LogP contribution in [-0.4, -0.2) is 26.0 Å². The van der Waals surface area contributed by atoms with Crippen LogP contribution in [0.15, 0.2) is 51.9 Å². The molecule has 8 heteroatoms. The summed E-state index contributed by atoms with van der Waals surface area (Å²) in [6.45, 7) is 4.59. The summed E-state index contributed by atoms with van der Waals surface area (Å²) in [5, 5.41) is 10.5. The van der Waals surface area contributed by atoms with Gasteiger partial charge in [-0.05, 0) is 30.7 Å². The van der Waals surface area contributed by atoms with Crippen molar-refractivity contribution in [2.45, 2.75) is 26.9 Å². The van der Waals surface area contributed by atoms with Gasteiger partial charge in [-0.3, -0.25) is 9.79 Å². The summed E-state index contributed by atoms with van der Waals surface area (Å²) in [5.74, 6) is 2.01. The SMILES string of the molecule is CN=C(NCc1ccc(OC)c(NC(C)=O)c1)NCc1oc2ccccc2c1C.I. The lowest BCUT2D eigenvalue weighted by atomic mass is 10.1. The van der Waals surface area contributed by atoms with Gasteiger partial charge in [0.1, 0.15) is 17.1 Å². The Labute approximate surface area is 193 Å². The Morgan fingerprint density at radius 3 is 2.53 bits per heavy atom. The van der Waals surface area contributed by atoms with Crippen LogP contribution in [0, 0.1) is 6.92 Å². The van der Waals surface area contributed by atoms with Crippen molar-refractivity contribution in [1.29, 1.82) is 0 Å². The van der Waals surface area contributed by atoms with Crippen LogP contribution in [0.25, 0.3) is 11.0 Å². The summed E-state index contributed by atoms with van der Waals surface area (Å²) in [4.78, 5) is 15.7. The number of methoxy groups -OCH3 is 1. The minimum Gasteiger partial charge on any atom is -0.495 e. The van der Waals surface area contributed by atoms with Crippen LogP contribution in [0.1, 0.15) is 23.8 Å². The third-order valence-electron chi connectivity index (χ3n) is 4.62. The molecule has 160 valence electrons. The molecule has 0 bridgehead atoms. The number of fused-ring (bicyclic) bond motifs is 1. The number of anilines is 1. The van der Waals surface area contributed by atoms with Crippen LogP contribution in [0.2, 0.25) is 0 Å². The molecule has 0 spiro atoms. The second-order valence-electron chi connectivity index (χ2n) is 6.64. The number of rotatable bonds is 6. The number of hydrogen-bond donors (Lipinski definition) is 3. The van der Waals surface area contributed by atoms with Gasteiger partial charge in [0.25, 0.3) is 0 Å². The molecule has 1 aromatic heterocycles. The molecule has 3 N–H and O–H groups in total. The van der Waals surface area contributed by atoms with Gasteiger partial charge in [-0.25, -0.2) is 0 Å². The van der Waals surface area contributed by atoms with E-state index in [1.807, 2.05) is 36.4 Å². The largest absolute Gasteiger partial charge is 0.495 e. The molecule has 1 heterocycles. The van der Waals surface area contributed by atoms with E-state index in [9.17, 15) is 4.79 Å². The second kappa shape index (κ2) is 10.9. The van der Waals surface area contributed by atoms with Gasteiger partial charge in [0.15, 0.2) is 5.96 Å². The summed E-state index contributed by atoms with van der Waals surface area (Å²) in [5.41, 5.74) is 3.63. The van der Waals surface area contributed by atoms with Gasteiger partial charge in [0, 0.05) is 31.5 Å². The Morgan fingerprint density at radius 1 is 1.13 bits per heavy atom. The first-order chi connectivity index (χ1) is 14.0. The highest BCUT2D eigenvalue weighted by atomic mass is 127. The summed E-state index contributed by atoms with van der Waals surface area (Å²) in [7, 11) is 3.29. The topological polar surface area (TPSA) is 87.9 Å². The molecule has 0 radical (unpaired) electrons. The number of para-hydroxylation sites is 1. The van der Waals surface area contributed by atoms with Crippen molar-refractivity contribution in [3.05, 3.63) is 59.4 Å². The van der Waals surface area contributed by atoms with Gasteiger partial charge < -0.3 is 25.1 Å². The molecule has 1 amide bonds. The lowest BCUT2D eigenvalue weighted by Crippen LogP contribution is -2.36. The van der Waals surface area contributed by atoms with E-state index in [0.29, 0.717) is 30.5 Å². The first-order valence-corrected chi connectivity index (χ1v) is 9.38. The maximum absolute atomic E-state index is 11.4. The van der Waals surface area contributed by atoms with Crippen LogP contribution >= 0.6 is 24.0 Å². The smallest absolute Gasteiger partial charge is 0.221 e. The quantitative estimate of drug-likeness (QED) is 0.257.